The van der Waals surface area contributed by atoms with Gasteiger partial charge in [-0.05, 0) is 18.8 Å². The van der Waals surface area contributed by atoms with Crippen molar-refractivity contribution in [2.75, 3.05) is 26.8 Å². The lowest BCUT2D eigenvalue weighted by Gasteiger charge is -2.30. The Morgan fingerprint density at radius 3 is 2.63 bits per heavy atom. The molecule has 0 saturated heterocycles. The highest BCUT2D eigenvalue weighted by atomic mass is 16.5. The second-order valence-electron chi connectivity index (χ2n) is 6.08. The molecule has 0 heterocycles. The number of hydrogen-bond donors (Lipinski definition) is 1. The molecule has 0 aromatic carbocycles. The van der Waals surface area contributed by atoms with Crippen molar-refractivity contribution in [2.24, 2.45) is 17.6 Å². The molecule has 0 aromatic heterocycles. The molecule has 0 aromatic rings. The number of nitrogens with two attached hydrogens (primary N) is 1. The third-order valence-electron chi connectivity index (χ3n) is 3.85. The zero-order chi connectivity index (χ0) is 14.3. The van der Waals surface area contributed by atoms with Crippen molar-refractivity contribution in [1.82, 2.24) is 4.90 Å². The van der Waals surface area contributed by atoms with Gasteiger partial charge in [0.25, 0.3) is 0 Å². The van der Waals surface area contributed by atoms with Crippen LogP contribution >= 0.6 is 0 Å². The Kier molecular flexibility index (Phi) is 7.39. The van der Waals surface area contributed by atoms with Crippen LogP contribution in [0.1, 0.15) is 46.0 Å². The van der Waals surface area contributed by atoms with E-state index in [1.54, 1.807) is 7.11 Å². The lowest BCUT2D eigenvalue weighted by molar-refractivity contribution is -0.137. The van der Waals surface area contributed by atoms with Crippen LogP contribution in [0, 0.1) is 11.8 Å². The average molecular weight is 270 g/mol. The molecule has 1 amide bonds. The molecule has 112 valence electrons. The van der Waals surface area contributed by atoms with Crippen LogP contribution in [0.3, 0.4) is 0 Å². The molecule has 0 spiro atoms. The summed E-state index contributed by atoms with van der Waals surface area (Å²) in [6.45, 7) is 6.35. The second-order valence-corrected chi connectivity index (χ2v) is 6.08. The van der Waals surface area contributed by atoms with Gasteiger partial charge in [-0.2, -0.15) is 0 Å². The first kappa shape index (κ1) is 16.4. The molecule has 1 rings (SSSR count). The highest BCUT2D eigenvalue weighted by Gasteiger charge is 2.30. The number of amides is 1. The van der Waals surface area contributed by atoms with Crippen LogP contribution in [0.25, 0.3) is 0 Å². The highest BCUT2D eigenvalue weighted by Crippen LogP contribution is 2.24. The normalized spacial score (nSPS) is 24.3. The van der Waals surface area contributed by atoms with Crippen molar-refractivity contribution in [3.8, 4) is 0 Å². The number of nitrogens with zero attached hydrogens (tertiary/aromatic N) is 1. The van der Waals surface area contributed by atoms with Crippen LogP contribution in [-0.4, -0.2) is 43.7 Å². The van der Waals surface area contributed by atoms with Crippen LogP contribution in [0.2, 0.25) is 0 Å². The van der Waals surface area contributed by atoms with Gasteiger partial charge in [-0.1, -0.05) is 33.1 Å². The van der Waals surface area contributed by atoms with Crippen LogP contribution in [0.5, 0.6) is 0 Å². The molecular weight excluding hydrogens is 240 g/mol. The summed E-state index contributed by atoms with van der Waals surface area (Å²) >= 11 is 0. The quantitative estimate of drug-likeness (QED) is 0.751. The van der Waals surface area contributed by atoms with E-state index in [9.17, 15) is 4.79 Å². The minimum absolute atomic E-state index is 0.0121. The number of ether oxygens (including phenoxy) is 1. The third kappa shape index (κ3) is 5.49. The van der Waals surface area contributed by atoms with E-state index in [0.29, 0.717) is 19.1 Å². The van der Waals surface area contributed by atoms with Crippen LogP contribution < -0.4 is 5.73 Å². The van der Waals surface area contributed by atoms with Crippen LogP contribution in [0.15, 0.2) is 0 Å². The van der Waals surface area contributed by atoms with Crippen molar-refractivity contribution < 1.29 is 9.53 Å². The van der Waals surface area contributed by atoms with Gasteiger partial charge in [0, 0.05) is 26.2 Å². The van der Waals surface area contributed by atoms with Gasteiger partial charge in [-0.25, -0.2) is 0 Å². The predicted molar refractivity (Wildman–Crippen MR) is 77.8 cm³/mol. The number of hydrogen-bond acceptors (Lipinski definition) is 3. The summed E-state index contributed by atoms with van der Waals surface area (Å²) in [5.74, 6) is 0.723. The lowest BCUT2D eigenvalue weighted by Crippen LogP contribution is -2.46. The van der Waals surface area contributed by atoms with Crippen molar-refractivity contribution in [3.05, 3.63) is 0 Å². The molecule has 0 bridgehead atoms. The fourth-order valence-electron chi connectivity index (χ4n) is 2.81. The molecule has 19 heavy (non-hydrogen) atoms. The van der Waals surface area contributed by atoms with Crippen LogP contribution in [0.4, 0.5) is 0 Å². The maximum atomic E-state index is 12.7. The van der Waals surface area contributed by atoms with E-state index >= 15 is 0 Å². The molecule has 2 unspecified atom stereocenters. The summed E-state index contributed by atoms with van der Waals surface area (Å²) in [5, 5.41) is 0. The van der Waals surface area contributed by atoms with Gasteiger partial charge in [-0.3, -0.25) is 4.79 Å². The van der Waals surface area contributed by atoms with Crippen molar-refractivity contribution in [3.63, 3.8) is 0 Å². The van der Waals surface area contributed by atoms with Gasteiger partial charge in [0.2, 0.25) is 5.91 Å². The van der Waals surface area contributed by atoms with Gasteiger partial charge >= 0.3 is 0 Å². The van der Waals surface area contributed by atoms with E-state index < -0.39 is 0 Å². The largest absolute Gasteiger partial charge is 0.383 e. The molecule has 2 atom stereocenters. The minimum atomic E-state index is 0.0121. The fraction of sp³-hybridized carbons (Fsp3) is 0.933. The fourth-order valence-corrected chi connectivity index (χ4v) is 2.81. The maximum absolute atomic E-state index is 12.7. The Balaban J connectivity index is 2.66. The molecule has 4 nitrogen and oxygen atoms in total. The van der Waals surface area contributed by atoms with Crippen molar-refractivity contribution in [1.29, 1.82) is 0 Å². The molecule has 0 aliphatic heterocycles. The lowest BCUT2D eigenvalue weighted by atomic mass is 9.93. The van der Waals surface area contributed by atoms with Gasteiger partial charge in [0.15, 0.2) is 0 Å². The van der Waals surface area contributed by atoms with E-state index in [4.69, 9.17) is 10.5 Å². The summed E-state index contributed by atoms with van der Waals surface area (Å²) in [5.41, 5.74) is 6.20. The molecule has 1 saturated carbocycles. The molecule has 1 aliphatic carbocycles. The van der Waals surface area contributed by atoms with Crippen LogP contribution in [-0.2, 0) is 9.53 Å². The average Bonchev–Trinajstić information content (AvgIpc) is 2.58. The molecular formula is C15H30N2O2. The second kappa shape index (κ2) is 8.54. The van der Waals surface area contributed by atoms with E-state index in [0.717, 1.165) is 32.2 Å². The monoisotopic (exact) mass is 270 g/mol. The van der Waals surface area contributed by atoms with Crippen molar-refractivity contribution >= 4 is 5.91 Å². The smallest absolute Gasteiger partial charge is 0.227 e. The van der Waals surface area contributed by atoms with E-state index in [-0.39, 0.29) is 17.9 Å². The first-order valence-corrected chi connectivity index (χ1v) is 7.59. The van der Waals surface area contributed by atoms with Crippen molar-refractivity contribution in [2.45, 2.75) is 52.0 Å². The Hall–Kier alpha value is -0.610. The van der Waals surface area contributed by atoms with E-state index in [2.05, 4.69) is 13.8 Å². The number of methoxy groups -OCH3 is 1. The Morgan fingerprint density at radius 2 is 2.00 bits per heavy atom. The molecule has 2 N–H and O–H groups in total. The Bertz CT molecular complexity index is 269. The standard InChI is InChI=1S/C15H30N2O2/c1-12(2)11-17(9-10-19-3)15(18)13-7-5-4-6-8-14(13)16/h12-14H,4-11,16H2,1-3H3. The SMILES string of the molecule is COCCN(CC(C)C)C(=O)C1CCCCCC1N. The van der Waals surface area contributed by atoms with Gasteiger partial charge < -0.3 is 15.4 Å². The summed E-state index contributed by atoms with van der Waals surface area (Å²) in [7, 11) is 1.68. The first-order valence-electron chi connectivity index (χ1n) is 7.59. The highest BCUT2D eigenvalue weighted by molar-refractivity contribution is 5.79. The maximum Gasteiger partial charge on any atom is 0.227 e. The molecule has 1 fully saturated rings. The zero-order valence-corrected chi connectivity index (χ0v) is 12.7. The van der Waals surface area contributed by atoms with Gasteiger partial charge in [-0.15, -0.1) is 0 Å². The van der Waals surface area contributed by atoms with Gasteiger partial charge in [0.1, 0.15) is 0 Å². The molecule has 0 radical (unpaired) electrons. The topological polar surface area (TPSA) is 55.6 Å². The summed E-state index contributed by atoms with van der Waals surface area (Å²) < 4.78 is 5.12. The third-order valence-corrected chi connectivity index (χ3v) is 3.85. The number of rotatable bonds is 6. The summed E-state index contributed by atoms with van der Waals surface area (Å²) in [6, 6.07) is 0.0345. The summed E-state index contributed by atoms with van der Waals surface area (Å²) in [6.07, 6.45) is 5.43. The van der Waals surface area contributed by atoms with E-state index in [1.165, 1.54) is 6.42 Å². The van der Waals surface area contributed by atoms with E-state index in [1.807, 2.05) is 4.90 Å². The molecule has 4 heteroatoms. The molecule has 1 aliphatic rings. The zero-order valence-electron chi connectivity index (χ0n) is 12.7. The Labute approximate surface area is 117 Å². The van der Waals surface area contributed by atoms with Gasteiger partial charge in [0.05, 0.1) is 12.5 Å². The number of carbonyl (C=O) groups excluding carboxylic acids is 1. The first-order chi connectivity index (χ1) is 9.06. The number of carbonyl (C=O) groups is 1. The summed E-state index contributed by atoms with van der Waals surface area (Å²) in [4.78, 5) is 14.6. The minimum Gasteiger partial charge on any atom is -0.383 e. The predicted octanol–water partition coefficient (Wildman–Crippen LogP) is 2.02. The Morgan fingerprint density at radius 1 is 1.32 bits per heavy atom.